The van der Waals surface area contributed by atoms with Crippen LogP contribution in [0.25, 0.3) is 0 Å². The van der Waals surface area contributed by atoms with Gasteiger partial charge in [-0.15, -0.1) is 22.7 Å². The molecule has 0 aliphatic heterocycles. The lowest BCUT2D eigenvalue weighted by Crippen LogP contribution is -1.94. The van der Waals surface area contributed by atoms with Crippen LogP contribution in [0.5, 0.6) is 0 Å². The van der Waals surface area contributed by atoms with Crippen molar-refractivity contribution in [3.05, 3.63) is 41.7 Å². The molecule has 0 N–H and O–H groups in total. The van der Waals surface area contributed by atoms with E-state index in [4.69, 9.17) is 0 Å². The van der Waals surface area contributed by atoms with Gasteiger partial charge >= 0.3 is 0 Å². The molecule has 4 heteroatoms. The Morgan fingerprint density at radius 3 is 2.58 bits per heavy atom. The van der Waals surface area contributed by atoms with E-state index >= 15 is 0 Å². The van der Waals surface area contributed by atoms with Gasteiger partial charge in [0, 0.05) is 4.88 Å². The Labute approximate surface area is 129 Å². The highest BCUT2D eigenvalue weighted by molar-refractivity contribution is 9.11. The minimum Gasteiger partial charge on any atom is -0.287 e. The molecule has 0 aromatic carbocycles. The number of aryl methyl sites for hydroxylation is 3. The van der Waals surface area contributed by atoms with Crippen molar-refractivity contribution in [3.8, 4) is 0 Å². The SMILES string of the molecule is Cc1cc(C(=O)c2cc3c(s2)CCCCC3)sc1Br. The highest BCUT2D eigenvalue weighted by atomic mass is 79.9. The molecule has 0 spiro atoms. The molecule has 1 aliphatic rings. The Balaban J connectivity index is 1.92. The molecule has 2 aromatic rings. The molecule has 2 aromatic heterocycles. The molecular formula is C15H15BrOS2. The van der Waals surface area contributed by atoms with Crippen LogP contribution in [-0.4, -0.2) is 5.78 Å². The molecule has 0 saturated heterocycles. The fourth-order valence-corrected chi connectivity index (χ4v) is 5.23. The zero-order chi connectivity index (χ0) is 13.4. The lowest BCUT2D eigenvalue weighted by Gasteiger charge is -1.94. The van der Waals surface area contributed by atoms with E-state index in [0.29, 0.717) is 0 Å². The summed E-state index contributed by atoms with van der Waals surface area (Å²) >= 11 is 6.74. The third kappa shape index (κ3) is 2.71. The van der Waals surface area contributed by atoms with Gasteiger partial charge in [-0.05, 0) is 71.8 Å². The number of carbonyl (C=O) groups excluding carboxylic acids is 1. The normalized spacial score (nSPS) is 15.1. The first-order valence-corrected chi connectivity index (χ1v) is 9.00. The Kier molecular flexibility index (Phi) is 3.92. The number of hydrogen-bond acceptors (Lipinski definition) is 3. The highest BCUT2D eigenvalue weighted by Gasteiger charge is 2.19. The lowest BCUT2D eigenvalue weighted by atomic mass is 10.1. The second-order valence-corrected chi connectivity index (χ2v) is 8.52. The summed E-state index contributed by atoms with van der Waals surface area (Å²) in [6.07, 6.45) is 6.15. The standard InChI is InChI=1S/C15H15BrOS2/c1-9-7-12(19-15(9)16)14(17)13-8-10-5-3-2-4-6-11(10)18-13/h7-8H,2-6H2,1H3. The van der Waals surface area contributed by atoms with Crippen molar-refractivity contribution < 1.29 is 4.79 Å². The van der Waals surface area contributed by atoms with Crippen LogP contribution in [0.15, 0.2) is 15.9 Å². The monoisotopic (exact) mass is 354 g/mol. The number of rotatable bonds is 2. The molecule has 3 rings (SSSR count). The molecule has 0 bridgehead atoms. The number of ketones is 1. The predicted molar refractivity (Wildman–Crippen MR) is 85.8 cm³/mol. The molecule has 0 unspecified atom stereocenters. The van der Waals surface area contributed by atoms with Crippen molar-refractivity contribution in [1.82, 2.24) is 0 Å². The first-order chi connectivity index (χ1) is 9.15. The summed E-state index contributed by atoms with van der Waals surface area (Å²) < 4.78 is 1.06. The third-order valence-electron chi connectivity index (χ3n) is 3.55. The molecule has 1 aliphatic carbocycles. The van der Waals surface area contributed by atoms with Crippen LogP contribution in [0.3, 0.4) is 0 Å². The summed E-state index contributed by atoms with van der Waals surface area (Å²) in [5, 5.41) is 0. The number of carbonyl (C=O) groups is 1. The van der Waals surface area contributed by atoms with E-state index in [1.54, 1.807) is 22.7 Å². The smallest absolute Gasteiger partial charge is 0.212 e. The lowest BCUT2D eigenvalue weighted by molar-refractivity contribution is 0.104. The summed E-state index contributed by atoms with van der Waals surface area (Å²) in [5.41, 5.74) is 2.56. The van der Waals surface area contributed by atoms with Crippen LogP contribution in [-0.2, 0) is 12.8 Å². The van der Waals surface area contributed by atoms with E-state index in [9.17, 15) is 4.79 Å². The van der Waals surface area contributed by atoms with Gasteiger partial charge in [-0.2, -0.15) is 0 Å². The van der Waals surface area contributed by atoms with E-state index in [-0.39, 0.29) is 5.78 Å². The van der Waals surface area contributed by atoms with E-state index in [2.05, 4.69) is 22.0 Å². The topological polar surface area (TPSA) is 17.1 Å². The molecule has 0 saturated carbocycles. The molecule has 0 amide bonds. The van der Waals surface area contributed by atoms with Crippen molar-refractivity contribution in [2.75, 3.05) is 0 Å². The third-order valence-corrected chi connectivity index (χ3v) is 6.92. The first kappa shape index (κ1) is 13.5. The van der Waals surface area contributed by atoms with Crippen LogP contribution in [0.1, 0.15) is 49.8 Å². The van der Waals surface area contributed by atoms with Gasteiger partial charge in [-0.3, -0.25) is 4.79 Å². The Bertz CT molecular complexity index is 581. The summed E-state index contributed by atoms with van der Waals surface area (Å²) in [6, 6.07) is 4.12. The molecule has 100 valence electrons. The average Bonchev–Trinajstić information content (AvgIpc) is 2.87. The fourth-order valence-electron chi connectivity index (χ4n) is 2.47. The number of hydrogen-bond donors (Lipinski definition) is 0. The summed E-state index contributed by atoms with van der Waals surface area (Å²) in [4.78, 5) is 15.7. The predicted octanol–water partition coefficient (Wildman–Crippen LogP) is 5.38. The number of thiophene rings is 2. The molecule has 1 nitrogen and oxygen atoms in total. The van der Waals surface area contributed by atoms with E-state index in [1.165, 1.54) is 29.7 Å². The average molecular weight is 355 g/mol. The zero-order valence-electron chi connectivity index (χ0n) is 10.8. The van der Waals surface area contributed by atoms with Gasteiger partial charge in [-0.25, -0.2) is 0 Å². The molecule has 0 radical (unpaired) electrons. The maximum Gasteiger partial charge on any atom is 0.212 e. The largest absolute Gasteiger partial charge is 0.287 e. The van der Waals surface area contributed by atoms with E-state index in [1.807, 2.05) is 13.0 Å². The van der Waals surface area contributed by atoms with E-state index in [0.717, 1.165) is 31.9 Å². The van der Waals surface area contributed by atoms with Crippen LogP contribution < -0.4 is 0 Å². The van der Waals surface area contributed by atoms with Crippen LogP contribution >= 0.6 is 38.6 Å². The van der Waals surface area contributed by atoms with Crippen molar-refractivity contribution in [1.29, 1.82) is 0 Å². The van der Waals surface area contributed by atoms with Crippen molar-refractivity contribution >= 4 is 44.4 Å². The summed E-state index contributed by atoms with van der Waals surface area (Å²) in [5.74, 6) is 0.192. The molecule has 2 heterocycles. The van der Waals surface area contributed by atoms with Crippen LogP contribution in [0, 0.1) is 6.92 Å². The van der Waals surface area contributed by atoms with Crippen LogP contribution in [0.2, 0.25) is 0 Å². The van der Waals surface area contributed by atoms with Gasteiger partial charge in [0.05, 0.1) is 13.5 Å². The van der Waals surface area contributed by atoms with Crippen molar-refractivity contribution in [2.24, 2.45) is 0 Å². The molecule has 0 atom stereocenters. The summed E-state index contributed by atoms with van der Waals surface area (Å²) in [6.45, 7) is 2.03. The second-order valence-electron chi connectivity index (χ2n) is 5.02. The van der Waals surface area contributed by atoms with Gasteiger partial charge in [0.2, 0.25) is 5.78 Å². The molecule has 19 heavy (non-hydrogen) atoms. The first-order valence-electron chi connectivity index (χ1n) is 6.57. The maximum atomic E-state index is 12.5. The number of fused-ring (bicyclic) bond motifs is 1. The van der Waals surface area contributed by atoms with Gasteiger partial charge < -0.3 is 0 Å². The summed E-state index contributed by atoms with van der Waals surface area (Å²) in [7, 11) is 0. The maximum absolute atomic E-state index is 12.5. The Morgan fingerprint density at radius 1 is 1.11 bits per heavy atom. The quantitative estimate of drug-likeness (QED) is 0.522. The van der Waals surface area contributed by atoms with Gasteiger partial charge in [0.1, 0.15) is 0 Å². The zero-order valence-corrected chi connectivity index (χ0v) is 14.0. The fraction of sp³-hybridized carbons (Fsp3) is 0.400. The van der Waals surface area contributed by atoms with Crippen molar-refractivity contribution in [3.63, 3.8) is 0 Å². The minimum atomic E-state index is 0.192. The molecular weight excluding hydrogens is 340 g/mol. The minimum absolute atomic E-state index is 0.192. The van der Waals surface area contributed by atoms with E-state index < -0.39 is 0 Å². The van der Waals surface area contributed by atoms with Gasteiger partial charge in [0.15, 0.2) is 0 Å². The van der Waals surface area contributed by atoms with Gasteiger partial charge in [-0.1, -0.05) is 6.42 Å². The van der Waals surface area contributed by atoms with Crippen LogP contribution in [0.4, 0.5) is 0 Å². The molecule has 0 fully saturated rings. The second kappa shape index (κ2) is 5.51. The Morgan fingerprint density at radius 2 is 1.84 bits per heavy atom. The number of halogens is 1. The van der Waals surface area contributed by atoms with Gasteiger partial charge in [0.25, 0.3) is 0 Å². The highest BCUT2D eigenvalue weighted by Crippen LogP contribution is 2.33. The Hall–Kier alpha value is -0.450. The van der Waals surface area contributed by atoms with Crippen molar-refractivity contribution in [2.45, 2.75) is 39.0 Å².